The topological polar surface area (TPSA) is 34.9 Å². The number of aromatic nitrogens is 2. The number of carbonyl (C=O) groups is 1. The predicted molar refractivity (Wildman–Crippen MR) is 81.9 cm³/mol. The highest BCUT2D eigenvalue weighted by Crippen LogP contribution is 2.22. The van der Waals surface area contributed by atoms with Gasteiger partial charge in [0.15, 0.2) is 5.16 Å². The first kappa shape index (κ1) is 14.3. The van der Waals surface area contributed by atoms with Crippen LogP contribution in [0.2, 0.25) is 0 Å². The maximum Gasteiger partial charge on any atom is 0.172 e. The Hall–Kier alpha value is -1.07. The van der Waals surface area contributed by atoms with Crippen molar-refractivity contribution in [2.45, 2.75) is 24.9 Å². The van der Waals surface area contributed by atoms with Crippen molar-refractivity contribution in [3.8, 4) is 5.69 Å². The number of carbonyl (C=O) groups excluding carboxylic acids is 1. The molecule has 100 valence electrons. The smallest absolute Gasteiger partial charge is 0.172 e. The summed E-state index contributed by atoms with van der Waals surface area (Å²) in [5.74, 6) is 1.16. The molecule has 0 bridgehead atoms. The van der Waals surface area contributed by atoms with Crippen LogP contribution < -0.4 is 0 Å². The van der Waals surface area contributed by atoms with Gasteiger partial charge >= 0.3 is 0 Å². The average molecular weight is 339 g/mol. The molecule has 3 nitrogen and oxygen atoms in total. The number of hydrogen-bond acceptors (Lipinski definition) is 3. The number of hydrogen-bond donors (Lipinski definition) is 0. The van der Waals surface area contributed by atoms with E-state index in [4.69, 9.17) is 0 Å². The minimum absolute atomic E-state index is 0.247. The molecule has 5 heteroatoms. The molecule has 0 N–H and O–H groups in total. The van der Waals surface area contributed by atoms with Crippen LogP contribution in [0.25, 0.3) is 5.69 Å². The van der Waals surface area contributed by atoms with Gasteiger partial charge in [-0.25, -0.2) is 4.98 Å². The van der Waals surface area contributed by atoms with Crippen LogP contribution in [0.1, 0.15) is 19.8 Å². The van der Waals surface area contributed by atoms with Crippen molar-refractivity contribution in [3.63, 3.8) is 0 Å². The fourth-order valence-electron chi connectivity index (χ4n) is 1.68. The van der Waals surface area contributed by atoms with Gasteiger partial charge in [-0.2, -0.15) is 0 Å². The summed E-state index contributed by atoms with van der Waals surface area (Å²) in [5.41, 5.74) is 1.09. The Morgan fingerprint density at radius 1 is 1.37 bits per heavy atom. The molecule has 2 rings (SSSR count). The largest absolute Gasteiger partial charge is 0.300 e. The Morgan fingerprint density at radius 3 is 2.79 bits per heavy atom. The van der Waals surface area contributed by atoms with Crippen LogP contribution in [0.15, 0.2) is 46.3 Å². The van der Waals surface area contributed by atoms with E-state index in [0.717, 1.165) is 27.5 Å². The van der Waals surface area contributed by atoms with Crippen molar-refractivity contribution < 1.29 is 4.79 Å². The molecule has 19 heavy (non-hydrogen) atoms. The van der Waals surface area contributed by atoms with Crippen molar-refractivity contribution in [1.29, 1.82) is 0 Å². The first-order valence-corrected chi connectivity index (χ1v) is 7.86. The zero-order valence-corrected chi connectivity index (χ0v) is 13.1. The van der Waals surface area contributed by atoms with Crippen LogP contribution in [0.4, 0.5) is 0 Å². The van der Waals surface area contributed by atoms with Gasteiger partial charge in [0, 0.05) is 34.7 Å². The molecule has 0 aliphatic rings. The van der Waals surface area contributed by atoms with E-state index < -0.39 is 0 Å². The maximum atomic E-state index is 10.9. The van der Waals surface area contributed by atoms with Gasteiger partial charge in [-0.3, -0.25) is 4.57 Å². The lowest BCUT2D eigenvalue weighted by Gasteiger charge is -2.07. The van der Waals surface area contributed by atoms with Crippen LogP contribution in [0, 0.1) is 0 Å². The van der Waals surface area contributed by atoms with Crippen LogP contribution in [-0.2, 0) is 4.79 Å². The van der Waals surface area contributed by atoms with Crippen LogP contribution in [0.5, 0.6) is 0 Å². The average Bonchev–Trinajstić information content (AvgIpc) is 2.84. The Morgan fingerprint density at radius 2 is 2.11 bits per heavy atom. The van der Waals surface area contributed by atoms with Gasteiger partial charge in [0.05, 0.1) is 0 Å². The Balaban J connectivity index is 2.01. The molecule has 2 aromatic rings. The maximum absolute atomic E-state index is 10.9. The number of benzene rings is 1. The van der Waals surface area contributed by atoms with Crippen LogP contribution in [0.3, 0.4) is 0 Å². The second-order valence-electron chi connectivity index (χ2n) is 4.21. The summed E-state index contributed by atoms with van der Waals surface area (Å²) in [5, 5.41) is 0.964. The van der Waals surface area contributed by atoms with E-state index in [1.807, 2.05) is 30.5 Å². The summed E-state index contributed by atoms with van der Waals surface area (Å²) in [4.78, 5) is 15.3. The zero-order chi connectivity index (χ0) is 13.7. The molecule has 1 heterocycles. The van der Waals surface area contributed by atoms with Crippen molar-refractivity contribution >= 4 is 33.5 Å². The molecule has 0 atom stereocenters. The van der Waals surface area contributed by atoms with Gasteiger partial charge in [-0.1, -0.05) is 27.7 Å². The number of imidazole rings is 1. The summed E-state index contributed by atoms with van der Waals surface area (Å²) in [6, 6.07) is 8.12. The second-order valence-corrected chi connectivity index (χ2v) is 6.19. The van der Waals surface area contributed by atoms with E-state index in [1.165, 1.54) is 0 Å². The summed E-state index contributed by atoms with van der Waals surface area (Å²) < 4.78 is 3.12. The third kappa shape index (κ3) is 4.21. The van der Waals surface area contributed by atoms with Crippen molar-refractivity contribution in [3.05, 3.63) is 41.1 Å². The van der Waals surface area contributed by atoms with E-state index >= 15 is 0 Å². The van der Waals surface area contributed by atoms with Crippen LogP contribution >= 0.6 is 27.7 Å². The third-order valence-electron chi connectivity index (χ3n) is 2.62. The number of Topliss-reactive ketones (excluding diaryl/α,β-unsaturated/α-hetero) is 1. The zero-order valence-electron chi connectivity index (χ0n) is 10.7. The van der Waals surface area contributed by atoms with Crippen molar-refractivity contribution in [2.24, 2.45) is 0 Å². The van der Waals surface area contributed by atoms with E-state index in [9.17, 15) is 4.79 Å². The minimum Gasteiger partial charge on any atom is -0.300 e. The molecule has 0 aliphatic heterocycles. The summed E-state index contributed by atoms with van der Waals surface area (Å²) in [6.07, 6.45) is 5.30. The van der Waals surface area contributed by atoms with Gasteiger partial charge < -0.3 is 4.79 Å². The lowest BCUT2D eigenvalue weighted by atomic mass is 10.3. The summed E-state index contributed by atoms with van der Waals surface area (Å²) in [7, 11) is 0. The fourth-order valence-corrected chi connectivity index (χ4v) is 2.86. The molecule has 0 radical (unpaired) electrons. The molecule has 1 aromatic carbocycles. The quantitative estimate of drug-likeness (QED) is 0.587. The van der Waals surface area contributed by atoms with E-state index in [1.54, 1.807) is 24.9 Å². The molecular formula is C14H15BrN2OS. The summed E-state index contributed by atoms with van der Waals surface area (Å²) >= 11 is 5.11. The van der Waals surface area contributed by atoms with E-state index in [0.29, 0.717) is 6.42 Å². The lowest BCUT2D eigenvalue weighted by Crippen LogP contribution is -1.96. The first-order chi connectivity index (χ1) is 9.16. The van der Waals surface area contributed by atoms with E-state index in [-0.39, 0.29) is 5.78 Å². The van der Waals surface area contributed by atoms with Gasteiger partial charge in [-0.05, 0) is 37.6 Å². The highest BCUT2D eigenvalue weighted by molar-refractivity contribution is 9.10. The van der Waals surface area contributed by atoms with Crippen LogP contribution in [-0.4, -0.2) is 21.1 Å². The minimum atomic E-state index is 0.247. The molecule has 0 spiro atoms. The lowest BCUT2D eigenvalue weighted by molar-refractivity contribution is -0.117. The van der Waals surface area contributed by atoms with Gasteiger partial charge in [-0.15, -0.1) is 0 Å². The Bertz CT molecular complexity index is 551. The highest BCUT2D eigenvalue weighted by atomic mass is 79.9. The molecule has 0 aliphatic carbocycles. The number of thioether (sulfide) groups is 1. The van der Waals surface area contributed by atoms with Crippen molar-refractivity contribution in [1.82, 2.24) is 9.55 Å². The van der Waals surface area contributed by atoms with Gasteiger partial charge in [0.25, 0.3) is 0 Å². The Kier molecular flexibility index (Phi) is 5.22. The predicted octanol–water partition coefficient (Wildman–Crippen LogP) is 4.10. The standard InChI is InChI=1S/C14H15BrN2OS/c1-11(18)3-2-10-19-14-16-8-9-17(14)13-6-4-12(15)5-7-13/h4-9H,2-3,10H2,1H3. The molecule has 0 amide bonds. The highest BCUT2D eigenvalue weighted by Gasteiger charge is 2.05. The van der Waals surface area contributed by atoms with Crippen molar-refractivity contribution in [2.75, 3.05) is 5.75 Å². The monoisotopic (exact) mass is 338 g/mol. The number of ketones is 1. The summed E-state index contributed by atoms with van der Waals surface area (Å²) in [6.45, 7) is 1.63. The third-order valence-corrected chi connectivity index (χ3v) is 4.20. The number of rotatable bonds is 6. The number of nitrogens with zero attached hydrogens (tertiary/aromatic N) is 2. The molecule has 0 saturated carbocycles. The molecule has 1 aromatic heterocycles. The molecule has 0 fully saturated rings. The fraction of sp³-hybridized carbons (Fsp3) is 0.286. The number of halogens is 1. The SMILES string of the molecule is CC(=O)CCCSc1nccn1-c1ccc(Br)cc1. The van der Waals surface area contributed by atoms with Gasteiger partial charge in [0.1, 0.15) is 5.78 Å². The first-order valence-electron chi connectivity index (χ1n) is 6.08. The molecular weight excluding hydrogens is 324 g/mol. The van der Waals surface area contributed by atoms with Gasteiger partial charge in [0.2, 0.25) is 0 Å². The second kappa shape index (κ2) is 6.91. The molecule has 0 unspecified atom stereocenters. The molecule has 0 saturated heterocycles. The Labute approximate surface area is 125 Å². The normalized spacial score (nSPS) is 10.6. The van der Waals surface area contributed by atoms with E-state index in [2.05, 4.69) is 25.5 Å².